The molecule has 4 aromatic rings. The van der Waals surface area contributed by atoms with Crippen LogP contribution in [0.5, 0.6) is 0 Å². The summed E-state index contributed by atoms with van der Waals surface area (Å²) in [6, 6.07) is 16.5. The van der Waals surface area contributed by atoms with Gasteiger partial charge in [-0.3, -0.25) is 9.30 Å². The highest BCUT2D eigenvalue weighted by Crippen LogP contribution is 2.26. The van der Waals surface area contributed by atoms with Crippen molar-refractivity contribution in [3.05, 3.63) is 78.4 Å². The second-order valence-electron chi connectivity index (χ2n) is 7.47. The molecule has 0 atom stereocenters. The van der Waals surface area contributed by atoms with Crippen LogP contribution >= 0.6 is 0 Å². The minimum atomic E-state index is 0.754. The van der Waals surface area contributed by atoms with Crippen molar-refractivity contribution in [2.75, 3.05) is 31.1 Å². The number of pyridine rings is 1. The van der Waals surface area contributed by atoms with E-state index in [-0.39, 0.29) is 0 Å². The largest absolute Gasteiger partial charge is 0.354 e. The highest BCUT2D eigenvalue weighted by atomic mass is 15.3. The first-order valence-electron chi connectivity index (χ1n) is 10.1. The van der Waals surface area contributed by atoms with Crippen molar-refractivity contribution >= 4 is 11.6 Å². The molecule has 5 rings (SSSR count). The number of aromatic nitrogens is 4. The third-order valence-corrected chi connectivity index (χ3v) is 5.58. The summed E-state index contributed by atoms with van der Waals surface area (Å²) in [4.78, 5) is 18.8. The number of hydrogen-bond donors (Lipinski definition) is 0. The van der Waals surface area contributed by atoms with E-state index in [0.29, 0.717) is 0 Å². The Kier molecular flexibility index (Phi) is 4.69. The van der Waals surface area contributed by atoms with Gasteiger partial charge in [-0.2, -0.15) is 0 Å². The summed E-state index contributed by atoms with van der Waals surface area (Å²) in [6.45, 7) is 6.94. The lowest BCUT2D eigenvalue weighted by atomic mass is 10.1. The molecule has 146 valence electrons. The maximum atomic E-state index is 4.83. The highest BCUT2D eigenvalue weighted by Gasteiger charge is 2.22. The first-order valence-corrected chi connectivity index (χ1v) is 10.1. The van der Waals surface area contributed by atoms with Crippen LogP contribution in [0, 0.1) is 6.92 Å². The van der Waals surface area contributed by atoms with E-state index >= 15 is 0 Å². The first kappa shape index (κ1) is 17.8. The lowest BCUT2D eigenvalue weighted by molar-refractivity contribution is 0.246. The zero-order chi connectivity index (χ0) is 19.6. The molecule has 0 N–H and O–H groups in total. The Hall–Kier alpha value is -3.25. The topological polar surface area (TPSA) is 49.6 Å². The molecule has 0 radical (unpaired) electrons. The van der Waals surface area contributed by atoms with E-state index in [2.05, 4.69) is 67.6 Å². The van der Waals surface area contributed by atoms with Crippen LogP contribution in [0.25, 0.3) is 17.0 Å². The van der Waals surface area contributed by atoms with Crippen LogP contribution < -0.4 is 4.90 Å². The molecule has 6 nitrogen and oxygen atoms in total. The lowest BCUT2D eigenvalue weighted by Gasteiger charge is -2.36. The molecule has 6 heteroatoms. The fraction of sp³-hybridized carbons (Fsp3) is 0.261. The number of fused-ring (bicyclic) bond motifs is 1. The fourth-order valence-corrected chi connectivity index (χ4v) is 4.05. The predicted octanol–water partition coefficient (Wildman–Crippen LogP) is 3.42. The standard InChI is InChI=1S/C23H24N6/c1-18-7-5-10-24-22(18)28-15-13-27(14-16-28)17-20-21(19-8-3-2-4-9-19)26-23-25-11-6-12-29(20)23/h2-12H,13-17H2,1H3. The molecule has 1 saturated heterocycles. The van der Waals surface area contributed by atoms with Crippen molar-refractivity contribution in [3.63, 3.8) is 0 Å². The third-order valence-electron chi connectivity index (χ3n) is 5.58. The maximum Gasteiger partial charge on any atom is 0.234 e. The van der Waals surface area contributed by atoms with Gasteiger partial charge in [0.2, 0.25) is 5.78 Å². The first-order chi connectivity index (χ1) is 14.3. The average Bonchev–Trinajstić information content (AvgIpc) is 3.14. The van der Waals surface area contributed by atoms with Gasteiger partial charge in [0.15, 0.2) is 0 Å². The average molecular weight is 384 g/mol. The molecular weight excluding hydrogens is 360 g/mol. The van der Waals surface area contributed by atoms with Crippen LogP contribution in [-0.2, 0) is 6.54 Å². The van der Waals surface area contributed by atoms with Gasteiger partial charge in [0.1, 0.15) is 5.82 Å². The number of anilines is 1. The molecule has 3 aromatic heterocycles. The van der Waals surface area contributed by atoms with Gasteiger partial charge < -0.3 is 4.90 Å². The summed E-state index contributed by atoms with van der Waals surface area (Å²) in [5.41, 5.74) is 4.59. The molecule has 0 spiro atoms. The zero-order valence-corrected chi connectivity index (χ0v) is 16.6. The molecule has 0 bridgehead atoms. The van der Waals surface area contributed by atoms with Gasteiger partial charge in [-0.15, -0.1) is 0 Å². The van der Waals surface area contributed by atoms with Crippen molar-refractivity contribution < 1.29 is 0 Å². The third kappa shape index (κ3) is 3.47. The van der Waals surface area contributed by atoms with Gasteiger partial charge in [0, 0.05) is 56.9 Å². The second-order valence-corrected chi connectivity index (χ2v) is 7.47. The van der Waals surface area contributed by atoms with E-state index in [0.717, 1.165) is 55.6 Å². The van der Waals surface area contributed by atoms with Crippen LogP contribution in [0.4, 0.5) is 5.82 Å². The number of rotatable bonds is 4. The molecule has 1 aliphatic rings. The smallest absolute Gasteiger partial charge is 0.234 e. The molecule has 0 unspecified atom stereocenters. The molecule has 4 heterocycles. The molecule has 29 heavy (non-hydrogen) atoms. The number of benzene rings is 1. The number of imidazole rings is 1. The number of aryl methyl sites for hydroxylation is 1. The quantitative estimate of drug-likeness (QED) is 0.540. The van der Waals surface area contributed by atoms with Gasteiger partial charge >= 0.3 is 0 Å². The minimum absolute atomic E-state index is 0.754. The van der Waals surface area contributed by atoms with Gasteiger partial charge in [-0.25, -0.2) is 15.0 Å². The van der Waals surface area contributed by atoms with Crippen molar-refractivity contribution in [3.8, 4) is 11.3 Å². The predicted molar refractivity (Wildman–Crippen MR) is 115 cm³/mol. The summed E-state index contributed by atoms with van der Waals surface area (Å²) < 4.78 is 2.12. The maximum absolute atomic E-state index is 4.83. The normalized spacial score (nSPS) is 15.1. The van der Waals surface area contributed by atoms with Crippen LogP contribution in [0.3, 0.4) is 0 Å². The van der Waals surface area contributed by atoms with Crippen LogP contribution in [-0.4, -0.2) is 50.4 Å². The minimum Gasteiger partial charge on any atom is -0.354 e. The van der Waals surface area contributed by atoms with Gasteiger partial charge in [-0.05, 0) is 24.6 Å². The summed E-state index contributed by atoms with van der Waals surface area (Å²) in [6.07, 6.45) is 5.74. The number of piperazine rings is 1. The molecular formula is C23H24N6. The lowest BCUT2D eigenvalue weighted by Crippen LogP contribution is -2.46. The van der Waals surface area contributed by atoms with Crippen LogP contribution in [0.1, 0.15) is 11.3 Å². The summed E-state index contributed by atoms with van der Waals surface area (Å²) in [5.74, 6) is 1.86. The Morgan fingerprint density at radius 1 is 0.862 bits per heavy atom. The van der Waals surface area contributed by atoms with E-state index in [1.54, 1.807) is 6.20 Å². The number of nitrogens with zero attached hydrogens (tertiary/aromatic N) is 6. The van der Waals surface area contributed by atoms with Crippen LogP contribution in [0.2, 0.25) is 0 Å². The molecule has 0 saturated carbocycles. The second kappa shape index (κ2) is 7.64. The summed E-state index contributed by atoms with van der Waals surface area (Å²) >= 11 is 0. The van der Waals surface area contributed by atoms with Crippen molar-refractivity contribution in [2.45, 2.75) is 13.5 Å². The highest BCUT2D eigenvalue weighted by molar-refractivity contribution is 5.65. The summed E-state index contributed by atoms with van der Waals surface area (Å²) in [5, 5.41) is 0. The van der Waals surface area contributed by atoms with E-state index < -0.39 is 0 Å². The van der Waals surface area contributed by atoms with Gasteiger partial charge in [-0.1, -0.05) is 36.4 Å². The Balaban J connectivity index is 1.39. The van der Waals surface area contributed by atoms with E-state index in [1.807, 2.05) is 24.4 Å². The van der Waals surface area contributed by atoms with E-state index in [9.17, 15) is 0 Å². The molecule has 1 fully saturated rings. The Bertz CT molecular complexity index is 1110. The van der Waals surface area contributed by atoms with Crippen molar-refractivity contribution in [2.24, 2.45) is 0 Å². The van der Waals surface area contributed by atoms with Crippen molar-refractivity contribution in [1.29, 1.82) is 0 Å². The van der Waals surface area contributed by atoms with E-state index in [4.69, 9.17) is 4.98 Å². The Labute approximate surface area is 170 Å². The van der Waals surface area contributed by atoms with E-state index in [1.165, 1.54) is 11.3 Å². The SMILES string of the molecule is Cc1cccnc1N1CCN(Cc2c(-c3ccccc3)nc3ncccn23)CC1. The number of hydrogen-bond acceptors (Lipinski definition) is 5. The van der Waals surface area contributed by atoms with Crippen LogP contribution in [0.15, 0.2) is 67.1 Å². The van der Waals surface area contributed by atoms with Crippen molar-refractivity contribution in [1.82, 2.24) is 24.3 Å². The molecule has 0 aliphatic carbocycles. The van der Waals surface area contributed by atoms with Gasteiger partial charge in [0.05, 0.1) is 11.4 Å². The monoisotopic (exact) mass is 384 g/mol. The molecule has 1 aromatic carbocycles. The fourth-order valence-electron chi connectivity index (χ4n) is 4.05. The zero-order valence-electron chi connectivity index (χ0n) is 16.6. The molecule has 0 amide bonds. The Morgan fingerprint density at radius 2 is 1.66 bits per heavy atom. The molecule has 1 aliphatic heterocycles. The summed E-state index contributed by atoms with van der Waals surface area (Å²) in [7, 11) is 0. The van der Waals surface area contributed by atoms with Gasteiger partial charge in [0.25, 0.3) is 0 Å². The Morgan fingerprint density at radius 3 is 2.45 bits per heavy atom.